The highest BCUT2D eigenvalue weighted by molar-refractivity contribution is 6.64. The van der Waals surface area contributed by atoms with Gasteiger partial charge < -0.3 is 28.9 Å². The van der Waals surface area contributed by atoms with Gasteiger partial charge in [0.05, 0.1) is 6.19 Å². The van der Waals surface area contributed by atoms with Gasteiger partial charge in [-0.05, 0) is 23.8 Å². The lowest BCUT2D eigenvalue weighted by Crippen LogP contribution is -2.55. The molecule has 2 aliphatic rings. The van der Waals surface area contributed by atoms with E-state index in [1.807, 2.05) is 41.2 Å². The van der Waals surface area contributed by atoms with Crippen LogP contribution in [0.4, 0.5) is 4.79 Å². The van der Waals surface area contributed by atoms with Gasteiger partial charge in [0.15, 0.2) is 0 Å². The Bertz CT molecular complexity index is 944. The second kappa shape index (κ2) is 10.3. The first kappa shape index (κ1) is 21.9. The van der Waals surface area contributed by atoms with Gasteiger partial charge in [0.1, 0.15) is 18.5 Å². The summed E-state index contributed by atoms with van der Waals surface area (Å²) < 4.78 is 11.3. The molecule has 32 heavy (non-hydrogen) atoms. The molecule has 0 aliphatic carbocycles. The minimum atomic E-state index is -0.363. The van der Waals surface area contributed by atoms with Crippen molar-refractivity contribution in [1.82, 2.24) is 14.6 Å². The van der Waals surface area contributed by atoms with Gasteiger partial charge in [0.25, 0.3) is 13.3 Å². The molecule has 2 aromatic rings. The zero-order chi connectivity index (χ0) is 22.3. The van der Waals surface area contributed by atoms with Crippen LogP contribution >= 0.6 is 0 Å². The molecule has 0 unspecified atom stereocenters. The zero-order valence-electron chi connectivity index (χ0n) is 17.8. The molecule has 2 amide bonds. The number of piperazine rings is 1. The maximum absolute atomic E-state index is 12.9. The highest BCUT2D eigenvalue weighted by Gasteiger charge is 2.29. The molecule has 2 heterocycles. The minimum absolute atomic E-state index is 0.00185. The average molecular weight is 434 g/mol. The Morgan fingerprint density at radius 1 is 0.969 bits per heavy atom. The SMILES string of the molecule is O=C[B]N1CC(Oc2cccc(C(=O)N3CCN(C(=O)OCc4ccccc4)CC3)c2)C1. The van der Waals surface area contributed by atoms with Crippen molar-refractivity contribution < 1.29 is 23.9 Å². The molecule has 2 aromatic carbocycles. The fraction of sp³-hybridized carbons (Fsp3) is 0.348. The highest BCUT2D eigenvalue weighted by atomic mass is 16.6. The summed E-state index contributed by atoms with van der Waals surface area (Å²) >= 11 is 0. The van der Waals surface area contributed by atoms with Gasteiger partial charge in [-0.1, -0.05) is 36.4 Å². The quantitative estimate of drug-likeness (QED) is 0.487. The Kier molecular flexibility index (Phi) is 7.06. The van der Waals surface area contributed by atoms with Crippen LogP contribution in [0.2, 0.25) is 0 Å². The smallest absolute Gasteiger partial charge is 0.410 e. The third-order valence-corrected chi connectivity index (χ3v) is 5.56. The molecule has 9 heteroatoms. The third-order valence-electron chi connectivity index (χ3n) is 5.56. The minimum Gasteiger partial charge on any atom is -0.488 e. The van der Waals surface area contributed by atoms with Gasteiger partial charge >= 0.3 is 6.09 Å². The molecule has 1 radical (unpaired) electrons. The lowest BCUT2D eigenvalue weighted by Gasteiger charge is -2.38. The van der Waals surface area contributed by atoms with Crippen molar-refractivity contribution in [2.45, 2.75) is 12.7 Å². The second-order valence-corrected chi connectivity index (χ2v) is 7.83. The van der Waals surface area contributed by atoms with Crippen molar-refractivity contribution in [3.63, 3.8) is 0 Å². The fourth-order valence-electron chi connectivity index (χ4n) is 3.73. The van der Waals surface area contributed by atoms with E-state index in [4.69, 9.17) is 9.47 Å². The molecule has 4 rings (SSSR count). The summed E-state index contributed by atoms with van der Waals surface area (Å²) in [7, 11) is 1.50. The molecule has 2 saturated heterocycles. The molecule has 2 fully saturated rings. The van der Waals surface area contributed by atoms with E-state index in [0.717, 1.165) is 11.7 Å². The number of ether oxygens (including phenoxy) is 2. The predicted octanol–water partition coefficient (Wildman–Crippen LogP) is 1.65. The Morgan fingerprint density at radius 2 is 1.69 bits per heavy atom. The second-order valence-electron chi connectivity index (χ2n) is 7.83. The molecule has 0 spiro atoms. The van der Waals surface area contributed by atoms with Crippen molar-refractivity contribution >= 4 is 25.6 Å². The van der Waals surface area contributed by atoms with Crippen LogP contribution in [0.3, 0.4) is 0 Å². The summed E-state index contributed by atoms with van der Waals surface area (Å²) in [5.41, 5.74) is 1.49. The highest BCUT2D eigenvalue weighted by Crippen LogP contribution is 2.20. The lowest BCUT2D eigenvalue weighted by atomic mass is 9.89. The van der Waals surface area contributed by atoms with Crippen molar-refractivity contribution in [1.29, 1.82) is 0 Å². The summed E-state index contributed by atoms with van der Waals surface area (Å²) in [6, 6.07) is 16.7. The van der Waals surface area contributed by atoms with Gasteiger partial charge in [-0.3, -0.25) is 4.79 Å². The number of benzene rings is 2. The Labute approximate surface area is 187 Å². The van der Waals surface area contributed by atoms with Crippen LogP contribution in [0, 0.1) is 0 Å². The van der Waals surface area contributed by atoms with Gasteiger partial charge in [-0.15, -0.1) is 0 Å². The molecule has 0 bridgehead atoms. The first-order chi connectivity index (χ1) is 15.6. The van der Waals surface area contributed by atoms with Crippen LogP contribution in [0.5, 0.6) is 5.75 Å². The van der Waals surface area contributed by atoms with E-state index >= 15 is 0 Å². The van der Waals surface area contributed by atoms with Crippen LogP contribution in [0.1, 0.15) is 15.9 Å². The Morgan fingerprint density at radius 3 is 2.41 bits per heavy atom. The van der Waals surface area contributed by atoms with Crippen molar-refractivity contribution in [2.75, 3.05) is 39.3 Å². The van der Waals surface area contributed by atoms with Crippen LogP contribution < -0.4 is 4.74 Å². The van der Waals surface area contributed by atoms with E-state index in [1.165, 1.54) is 7.41 Å². The number of amides is 2. The molecular weight excluding hydrogens is 409 g/mol. The van der Waals surface area contributed by atoms with Crippen molar-refractivity contribution in [3.05, 3.63) is 65.7 Å². The van der Waals surface area contributed by atoms with E-state index in [0.29, 0.717) is 50.6 Å². The van der Waals surface area contributed by atoms with Crippen LogP contribution in [0.25, 0.3) is 0 Å². The number of hydrogen-bond donors (Lipinski definition) is 0. The molecule has 0 N–H and O–H groups in total. The summed E-state index contributed by atoms with van der Waals surface area (Å²) in [5, 5.41) is 0. The molecule has 8 nitrogen and oxygen atoms in total. The molecule has 0 saturated carbocycles. The average Bonchev–Trinajstić information content (AvgIpc) is 2.82. The van der Waals surface area contributed by atoms with Crippen LogP contribution in [-0.2, 0) is 16.1 Å². The Balaban J connectivity index is 1.24. The molecule has 0 aromatic heterocycles. The fourth-order valence-corrected chi connectivity index (χ4v) is 3.73. The van der Waals surface area contributed by atoms with E-state index in [-0.39, 0.29) is 24.7 Å². The summed E-state index contributed by atoms with van der Waals surface area (Å²) in [5.74, 6) is 0.548. The van der Waals surface area contributed by atoms with E-state index < -0.39 is 0 Å². The van der Waals surface area contributed by atoms with E-state index in [9.17, 15) is 14.4 Å². The van der Waals surface area contributed by atoms with Gasteiger partial charge in [0, 0.05) is 44.8 Å². The topological polar surface area (TPSA) is 79.4 Å². The summed E-state index contributed by atoms with van der Waals surface area (Å²) in [6.07, 6.45) is 0.401. The molecule has 165 valence electrons. The number of nitrogens with zero attached hydrogens (tertiary/aromatic N) is 3. The maximum Gasteiger partial charge on any atom is 0.410 e. The standard InChI is InChI=1S/C23H25BN3O5/c28-17-24-27-14-21(15-27)32-20-8-4-7-19(13-20)22(29)25-9-11-26(12-10-25)23(30)31-16-18-5-2-1-3-6-18/h1-8,13,17,21H,9-12,14-16H2. The first-order valence-corrected chi connectivity index (χ1v) is 10.7. The first-order valence-electron chi connectivity index (χ1n) is 10.7. The third kappa shape index (κ3) is 5.47. The zero-order valence-corrected chi connectivity index (χ0v) is 17.8. The normalized spacial score (nSPS) is 16.8. The van der Waals surface area contributed by atoms with Crippen LogP contribution in [-0.4, -0.2) is 85.6 Å². The predicted molar refractivity (Wildman–Crippen MR) is 119 cm³/mol. The van der Waals surface area contributed by atoms with Gasteiger partial charge in [-0.2, -0.15) is 0 Å². The summed E-state index contributed by atoms with van der Waals surface area (Å²) in [4.78, 5) is 41.0. The number of hydrogen-bond acceptors (Lipinski definition) is 6. The van der Waals surface area contributed by atoms with Gasteiger partial charge in [-0.25, -0.2) is 4.79 Å². The summed E-state index contributed by atoms with van der Waals surface area (Å²) in [6.45, 7) is 3.30. The number of rotatable bonds is 7. The largest absolute Gasteiger partial charge is 0.488 e. The molecule has 2 aliphatic heterocycles. The maximum atomic E-state index is 12.9. The van der Waals surface area contributed by atoms with Crippen LogP contribution in [0.15, 0.2) is 54.6 Å². The van der Waals surface area contributed by atoms with Crippen molar-refractivity contribution in [3.8, 4) is 5.75 Å². The number of carbonyl (C=O) groups is 3. The Hall–Kier alpha value is -3.33. The van der Waals surface area contributed by atoms with E-state index in [2.05, 4.69) is 0 Å². The van der Waals surface area contributed by atoms with E-state index in [1.54, 1.807) is 28.0 Å². The number of carbonyl (C=O) groups excluding carboxylic acids is 3. The monoisotopic (exact) mass is 434 g/mol. The van der Waals surface area contributed by atoms with Crippen molar-refractivity contribution in [2.24, 2.45) is 0 Å². The molecule has 0 atom stereocenters. The van der Waals surface area contributed by atoms with Gasteiger partial charge in [0.2, 0.25) is 0 Å². The molecular formula is C23H25BN3O5. The lowest BCUT2D eigenvalue weighted by molar-refractivity contribution is 0.0542.